The summed E-state index contributed by atoms with van der Waals surface area (Å²) in [5.41, 5.74) is 2.01. The second kappa shape index (κ2) is 12.5. The molecule has 1 atom stereocenters. The quantitative estimate of drug-likeness (QED) is 0.327. The van der Waals surface area contributed by atoms with Gasteiger partial charge in [-0.2, -0.15) is 0 Å². The molecule has 1 N–H and O–H groups in total. The number of nitrogens with zero attached hydrogens (tertiary/aromatic N) is 2. The largest absolute Gasteiger partial charge is 0.354 e. The van der Waals surface area contributed by atoms with Gasteiger partial charge in [0.1, 0.15) is 6.04 Å². The van der Waals surface area contributed by atoms with Gasteiger partial charge < -0.3 is 10.2 Å². The van der Waals surface area contributed by atoms with Crippen LogP contribution in [-0.4, -0.2) is 34.2 Å². The first-order valence-electron chi connectivity index (χ1n) is 11.7. The lowest BCUT2D eigenvalue weighted by molar-refractivity contribution is -0.385. The van der Waals surface area contributed by atoms with Crippen LogP contribution < -0.4 is 5.32 Å². The zero-order valence-electron chi connectivity index (χ0n) is 20.1. The third kappa shape index (κ3) is 7.50. The predicted octanol–water partition coefficient (Wildman–Crippen LogP) is 4.55. The van der Waals surface area contributed by atoms with Crippen molar-refractivity contribution in [3.63, 3.8) is 0 Å². The summed E-state index contributed by atoms with van der Waals surface area (Å²) in [7, 11) is 0. The van der Waals surface area contributed by atoms with Gasteiger partial charge in [-0.1, -0.05) is 92.7 Å². The van der Waals surface area contributed by atoms with Crippen LogP contribution in [0.5, 0.6) is 0 Å². The molecule has 7 nitrogen and oxygen atoms in total. The van der Waals surface area contributed by atoms with Gasteiger partial charge >= 0.3 is 0 Å². The molecule has 3 rings (SSSR count). The van der Waals surface area contributed by atoms with E-state index in [1.807, 2.05) is 74.5 Å². The van der Waals surface area contributed by atoms with Gasteiger partial charge in [-0.15, -0.1) is 0 Å². The van der Waals surface area contributed by atoms with Crippen molar-refractivity contribution in [3.8, 4) is 0 Å². The molecule has 0 bridgehead atoms. The van der Waals surface area contributed by atoms with Gasteiger partial charge in [0.05, 0.1) is 11.3 Å². The first-order chi connectivity index (χ1) is 16.8. The molecule has 0 aliphatic carbocycles. The lowest BCUT2D eigenvalue weighted by Gasteiger charge is -2.32. The molecule has 0 aromatic heterocycles. The van der Waals surface area contributed by atoms with E-state index in [0.29, 0.717) is 18.5 Å². The zero-order chi connectivity index (χ0) is 25.2. The maximum atomic E-state index is 13.7. The Morgan fingerprint density at radius 2 is 1.46 bits per heavy atom. The van der Waals surface area contributed by atoms with E-state index in [1.54, 1.807) is 23.1 Å². The van der Waals surface area contributed by atoms with Crippen molar-refractivity contribution in [2.75, 3.05) is 6.54 Å². The van der Waals surface area contributed by atoms with E-state index < -0.39 is 11.0 Å². The van der Waals surface area contributed by atoms with Crippen LogP contribution in [0.25, 0.3) is 0 Å². The smallest absolute Gasteiger partial charge is 0.273 e. The van der Waals surface area contributed by atoms with E-state index >= 15 is 0 Å². The highest BCUT2D eigenvalue weighted by molar-refractivity contribution is 5.89. The van der Waals surface area contributed by atoms with Crippen molar-refractivity contribution in [2.24, 2.45) is 5.92 Å². The predicted molar refractivity (Wildman–Crippen MR) is 136 cm³/mol. The number of carbonyl (C=O) groups excluding carboxylic acids is 2. The van der Waals surface area contributed by atoms with Crippen LogP contribution >= 0.6 is 0 Å². The summed E-state index contributed by atoms with van der Waals surface area (Å²) in [5.74, 6) is -0.334. The third-order valence-electron chi connectivity index (χ3n) is 5.68. The van der Waals surface area contributed by atoms with Crippen molar-refractivity contribution in [2.45, 2.75) is 39.3 Å². The van der Waals surface area contributed by atoms with Crippen LogP contribution in [0.15, 0.2) is 84.9 Å². The Kier molecular flexibility index (Phi) is 9.12. The number of para-hydroxylation sites is 1. The highest BCUT2D eigenvalue weighted by Gasteiger charge is 2.31. The molecule has 3 aromatic rings. The Labute approximate surface area is 205 Å². The minimum absolute atomic E-state index is 0.107. The molecule has 0 fully saturated rings. The van der Waals surface area contributed by atoms with Crippen molar-refractivity contribution in [1.82, 2.24) is 10.2 Å². The number of nitro groups is 1. The number of nitro benzene ring substituents is 1. The normalized spacial score (nSPS) is 11.6. The fourth-order valence-electron chi connectivity index (χ4n) is 3.86. The molecule has 3 aromatic carbocycles. The molecule has 0 aliphatic heterocycles. The van der Waals surface area contributed by atoms with Gasteiger partial charge in [0.15, 0.2) is 0 Å². The average molecular weight is 474 g/mol. The van der Waals surface area contributed by atoms with E-state index in [1.165, 1.54) is 6.07 Å². The molecular weight excluding hydrogens is 442 g/mol. The third-order valence-corrected chi connectivity index (χ3v) is 5.68. The molecule has 0 radical (unpaired) electrons. The van der Waals surface area contributed by atoms with Crippen molar-refractivity contribution in [3.05, 3.63) is 112 Å². The molecule has 0 heterocycles. The molecule has 0 aliphatic rings. The Morgan fingerprint density at radius 1 is 0.886 bits per heavy atom. The van der Waals surface area contributed by atoms with E-state index in [-0.39, 0.29) is 36.4 Å². The highest BCUT2D eigenvalue weighted by Crippen LogP contribution is 2.21. The molecule has 35 heavy (non-hydrogen) atoms. The number of carbonyl (C=O) groups is 2. The minimum Gasteiger partial charge on any atom is -0.354 e. The summed E-state index contributed by atoms with van der Waals surface area (Å²) in [6.45, 7) is 4.72. The van der Waals surface area contributed by atoms with Gasteiger partial charge in [0.2, 0.25) is 11.8 Å². The maximum absolute atomic E-state index is 13.7. The van der Waals surface area contributed by atoms with Crippen LogP contribution in [-0.2, 0) is 29.0 Å². The topological polar surface area (TPSA) is 92.6 Å². The minimum atomic E-state index is -0.772. The summed E-state index contributed by atoms with van der Waals surface area (Å²) in [5, 5.41) is 14.5. The maximum Gasteiger partial charge on any atom is 0.273 e. The van der Waals surface area contributed by atoms with Crippen LogP contribution in [0.2, 0.25) is 0 Å². The second-order valence-corrected chi connectivity index (χ2v) is 8.91. The monoisotopic (exact) mass is 473 g/mol. The van der Waals surface area contributed by atoms with E-state index in [0.717, 1.165) is 11.1 Å². The summed E-state index contributed by atoms with van der Waals surface area (Å²) in [6.07, 6.45) is 0.160. The summed E-state index contributed by atoms with van der Waals surface area (Å²) in [6, 6.07) is 24.5. The van der Waals surface area contributed by atoms with E-state index in [4.69, 9.17) is 0 Å². The van der Waals surface area contributed by atoms with Gasteiger partial charge in [-0.3, -0.25) is 19.7 Å². The Morgan fingerprint density at radius 3 is 2.06 bits per heavy atom. The molecule has 2 amide bonds. The van der Waals surface area contributed by atoms with E-state index in [2.05, 4.69) is 5.32 Å². The van der Waals surface area contributed by atoms with Crippen LogP contribution in [0.3, 0.4) is 0 Å². The first-order valence-corrected chi connectivity index (χ1v) is 11.7. The van der Waals surface area contributed by atoms with E-state index in [9.17, 15) is 19.7 Å². The number of benzene rings is 3. The van der Waals surface area contributed by atoms with Gasteiger partial charge in [0, 0.05) is 31.1 Å². The van der Waals surface area contributed by atoms with Crippen LogP contribution in [0.1, 0.15) is 30.5 Å². The SMILES string of the molecule is CC(C)CNC(=O)[C@H](Cc1ccccc1)N(Cc1ccccc1)C(=O)Cc1ccccc1[N+](=O)[O-]. The zero-order valence-corrected chi connectivity index (χ0v) is 20.1. The fourth-order valence-corrected chi connectivity index (χ4v) is 3.86. The number of nitrogens with one attached hydrogen (secondary N) is 1. The summed E-state index contributed by atoms with van der Waals surface area (Å²) >= 11 is 0. The highest BCUT2D eigenvalue weighted by atomic mass is 16.6. The Balaban J connectivity index is 1.98. The Bertz CT molecular complexity index is 1130. The average Bonchev–Trinajstić information content (AvgIpc) is 2.86. The molecule has 7 heteroatoms. The molecule has 0 spiro atoms. The fraction of sp³-hybridized carbons (Fsp3) is 0.286. The van der Waals surface area contributed by atoms with Crippen molar-refractivity contribution < 1.29 is 14.5 Å². The molecule has 0 saturated heterocycles. The lowest BCUT2D eigenvalue weighted by Crippen LogP contribution is -2.51. The number of hydrogen-bond donors (Lipinski definition) is 1. The molecule has 182 valence electrons. The molecule has 0 saturated carbocycles. The number of amides is 2. The van der Waals surface area contributed by atoms with Crippen LogP contribution in [0, 0.1) is 16.0 Å². The number of rotatable bonds is 11. The van der Waals surface area contributed by atoms with Crippen LogP contribution in [0.4, 0.5) is 5.69 Å². The number of hydrogen-bond acceptors (Lipinski definition) is 4. The molecular formula is C28H31N3O4. The lowest BCUT2D eigenvalue weighted by atomic mass is 10.0. The van der Waals surface area contributed by atoms with Gasteiger partial charge in [0.25, 0.3) is 5.69 Å². The van der Waals surface area contributed by atoms with Crippen molar-refractivity contribution >= 4 is 17.5 Å². The standard InChI is InChI=1S/C28H31N3O4/c1-21(2)19-29-28(33)26(17-22-11-5-3-6-12-22)30(20-23-13-7-4-8-14-23)27(32)18-24-15-9-10-16-25(24)31(34)35/h3-16,21,26H,17-20H2,1-2H3,(H,29,33)/t26-/m0/s1. The first kappa shape index (κ1) is 25.6. The van der Waals surface area contributed by atoms with Gasteiger partial charge in [-0.25, -0.2) is 0 Å². The summed E-state index contributed by atoms with van der Waals surface area (Å²) < 4.78 is 0. The second-order valence-electron chi connectivity index (χ2n) is 8.91. The Hall–Kier alpha value is -4.00. The van der Waals surface area contributed by atoms with Gasteiger partial charge in [-0.05, 0) is 17.0 Å². The van der Waals surface area contributed by atoms with Crippen molar-refractivity contribution in [1.29, 1.82) is 0 Å². The summed E-state index contributed by atoms with van der Waals surface area (Å²) in [4.78, 5) is 39.7. The molecule has 0 unspecified atom stereocenters.